The Kier molecular flexibility index (Phi) is 15.7. The zero-order valence-electron chi connectivity index (χ0n) is 20.6. The molecule has 4 nitrogen and oxygen atoms in total. The molecule has 0 radical (unpaired) electrons. The van der Waals surface area contributed by atoms with E-state index in [1.54, 1.807) is 0 Å². The Bertz CT molecular complexity index is 652. The highest BCUT2D eigenvalue weighted by atomic mass is 15.1. The van der Waals surface area contributed by atoms with Gasteiger partial charge in [-0.2, -0.15) is 5.26 Å². The predicted molar refractivity (Wildman–Crippen MR) is 134 cm³/mol. The molecule has 0 amide bonds. The molecule has 1 aliphatic rings. The van der Waals surface area contributed by atoms with Crippen LogP contribution in [0, 0.1) is 17.2 Å². The molecule has 2 rings (SSSR count). The number of fused-ring (bicyclic) bond motifs is 1. The number of rotatable bonds is 8. The summed E-state index contributed by atoms with van der Waals surface area (Å²) in [4.78, 5) is 2.23. The van der Waals surface area contributed by atoms with Crippen LogP contribution >= 0.6 is 0 Å². The fraction of sp³-hybridized carbons (Fsp3) is 0.654. The Labute approximate surface area is 186 Å². The second kappa shape index (κ2) is 16.8. The molecule has 1 heterocycles. The molecular weight excluding hydrogens is 368 g/mol. The normalized spacial score (nSPS) is 15.1. The lowest BCUT2D eigenvalue weighted by molar-refractivity contribution is 0.551. The molecule has 0 saturated carbocycles. The lowest BCUT2D eigenvalue weighted by Gasteiger charge is -2.32. The van der Waals surface area contributed by atoms with Crippen LogP contribution in [0.4, 0.5) is 5.69 Å². The van der Waals surface area contributed by atoms with Gasteiger partial charge in [0.05, 0.1) is 11.6 Å². The first-order chi connectivity index (χ1) is 14.5. The van der Waals surface area contributed by atoms with E-state index >= 15 is 0 Å². The van der Waals surface area contributed by atoms with Crippen LogP contribution in [0.1, 0.15) is 89.8 Å². The van der Waals surface area contributed by atoms with E-state index in [9.17, 15) is 5.26 Å². The summed E-state index contributed by atoms with van der Waals surface area (Å²) in [5.41, 5.74) is 10.9. The molecule has 0 aliphatic carbocycles. The van der Waals surface area contributed by atoms with Crippen LogP contribution in [0.2, 0.25) is 0 Å². The molecule has 1 atom stereocenters. The van der Waals surface area contributed by atoms with E-state index < -0.39 is 0 Å². The van der Waals surface area contributed by atoms with Gasteiger partial charge in [-0.15, -0.1) is 0 Å². The third-order valence-electron chi connectivity index (χ3n) is 5.25. The maximum atomic E-state index is 9.41. The van der Waals surface area contributed by atoms with Gasteiger partial charge in [0.15, 0.2) is 0 Å². The van der Waals surface area contributed by atoms with E-state index in [1.165, 1.54) is 49.8 Å². The molecule has 1 aromatic rings. The quantitative estimate of drug-likeness (QED) is 0.505. The van der Waals surface area contributed by atoms with E-state index in [0.29, 0.717) is 18.0 Å². The number of nitrogens with one attached hydrogen (secondary N) is 1. The Hall–Kier alpha value is -1.99. The molecular formula is C26H46N4. The summed E-state index contributed by atoms with van der Waals surface area (Å²) in [6.07, 6.45) is 11.4. The first kappa shape index (κ1) is 28.0. The van der Waals surface area contributed by atoms with Crippen molar-refractivity contribution in [1.29, 1.82) is 5.26 Å². The van der Waals surface area contributed by atoms with Gasteiger partial charge in [-0.3, -0.25) is 0 Å². The van der Waals surface area contributed by atoms with Crippen LogP contribution in [0.3, 0.4) is 0 Å². The Morgan fingerprint density at radius 1 is 1.20 bits per heavy atom. The van der Waals surface area contributed by atoms with Gasteiger partial charge in [-0.1, -0.05) is 73.1 Å². The van der Waals surface area contributed by atoms with Crippen molar-refractivity contribution in [2.24, 2.45) is 11.7 Å². The van der Waals surface area contributed by atoms with Crippen LogP contribution < -0.4 is 16.0 Å². The van der Waals surface area contributed by atoms with E-state index in [1.807, 2.05) is 33.2 Å². The van der Waals surface area contributed by atoms with Gasteiger partial charge in [-0.05, 0) is 41.2 Å². The van der Waals surface area contributed by atoms with Crippen molar-refractivity contribution in [2.75, 3.05) is 32.1 Å². The lowest BCUT2D eigenvalue weighted by atomic mass is 9.89. The maximum Gasteiger partial charge on any atom is 0.0998 e. The molecule has 0 saturated heterocycles. The minimum absolute atomic E-state index is 0.416. The predicted octanol–water partition coefficient (Wildman–Crippen LogP) is 6.10. The van der Waals surface area contributed by atoms with Crippen LogP contribution in [0.15, 0.2) is 18.3 Å². The maximum absolute atomic E-state index is 9.41. The molecule has 3 N–H and O–H groups in total. The van der Waals surface area contributed by atoms with E-state index in [2.05, 4.69) is 50.2 Å². The second-order valence-electron chi connectivity index (χ2n) is 7.90. The number of anilines is 1. The number of hydrogen-bond acceptors (Lipinski definition) is 4. The molecule has 1 unspecified atom stereocenters. The Morgan fingerprint density at radius 3 is 2.27 bits per heavy atom. The molecule has 170 valence electrons. The van der Waals surface area contributed by atoms with E-state index in [0.717, 1.165) is 24.1 Å². The first-order valence-electron chi connectivity index (χ1n) is 11.9. The zero-order chi connectivity index (χ0) is 22.9. The number of hydrogen-bond donors (Lipinski definition) is 2. The van der Waals surface area contributed by atoms with Gasteiger partial charge in [0.25, 0.3) is 0 Å². The third-order valence-corrected chi connectivity index (χ3v) is 5.25. The van der Waals surface area contributed by atoms with E-state index in [-0.39, 0.29) is 0 Å². The number of nitrogens with two attached hydrogens (primary N) is 1. The molecule has 0 spiro atoms. The molecule has 0 fully saturated rings. The summed E-state index contributed by atoms with van der Waals surface area (Å²) in [5, 5.41) is 12.4. The van der Waals surface area contributed by atoms with Gasteiger partial charge in [-0.25, -0.2) is 0 Å². The van der Waals surface area contributed by atoms with Gasteiger partial charge in [0, 0.05) is 39.1 Å². The SMILES string of the molecule is CC.CCCCCCCC.CN/C=C(\CN)c1cc2c(cc1C#N)N(C)CC(C)C2. The summed E-state index contributed by atoms with van der Waals surface area (Å²) >= 11 is 0. The summed E-state index contributed by atoms with van der Waals surface area (Å²) < 4.78 is 0. The van der Waals surface area contributed by atoms with Crippen LogP contribution in [-0.4, -0.2) is 27.2 Å². The highest BCUT2D eigenvalue weighted by Crippen LogP contribution is 2.33. The number of nitriles is 1. The average Bonchev–Trinajstić information content (AvgIpc) is 2.76. The summed E-state index contributed by atoms with van der Waals surface area (Å²) in [6.45, 7) is 12.2. The number of unbranched alkanes of at least 4 members (excludes halogenated alkanes) is 5. The summed E-state index contributed by atoms with van der Waals surface area (Å²) in [6, 6.07) is 6.43. The van der Waals surface area contributed by atoms with Crippen molar-refractivity contribution in [3.63, 3.8) is 0 Å². The van der Waals surface area contributed by atoms with Gasteiger partial charge in [0.1, 0.15) is 0 Å². The van der Waals surface area contributed by atoms with Crippen LogP contribution in [-0.2, 0) is 6.42 Å². The highest BCUT2D eigenvalue weighted by Gasteiger charge is 2.21. The molecule has 1 aromatic carbocycles. The fourth-order valence-corrected chi connectivity index (χ4v) is 3.79. The van der Waals surface area contributed by atoms with Crippen molar-refractivity contribution in [3.05, 3.63) is 35.0 Å². The largest absolute Gasteiger partial charge is 0.394 e. The average molecular weight is 415 g/mol. The fourth-order valence-electron chi connectivity index (χ4n) is 3.79. The van der Waals surface area contributed by atoms with Gasteiger partial charge >= 0.3 is 0 Å². The standard InChI is InChI=1S/C16H22N4.C8H18.C2H6/c1-11-4-12-5-15(14(8-18)9-19-2)13(7-17)6-16(12)20(3)10-11;1-3-5-7-8-6-4-2;1-2/h5-6,9,11,19H,4,8,10,18H2,1-3H3;3-8H2,1-2H3;1-2H3/b14-9+;;. The zero-order valence-corrected chi connectivity index (χ0v) is 20.6. The second-order valence-corrected chi connectivity index (χ2v) is 7.90. The molecule has 4 heteroatoms. The van der Waals surface area contributed by atoms with Crippen molar-refractivity contribution in [1.82, 2.24) is 5.32 Å². The summed E-state index contributed by atoms with van der Waals surface area (Å²) in [5.74, 6) is 0.628. The van der Waals surface area contributed by atoms with Gasteiger partial charge < -0.3 is 16.0 Å². The Morgan fingerprint density at radius 2 is 1.80 bits per heavy atom. The van der Waals surface area contributed by atoms with Crippen molar-refractivity contribution >= 4 is 11.3 Å². The van der Waals surface area contributed by atoms with E-state index in [4.69, 9.17) is 5.73 Å². The smallest absolute Gasteiger partial charge is 0.0998 e. The molecule has 0 aromatic heterocycles. The minimum Gasteiger partial charge on any atom is -0.394 e. The minimum atomic E-state index is 0.416. The monoisotopic (exact) mass is 414 g/mol. The topological polar surface area (TPSA) is 65.1 Å². The van der Waals surface area contributed by atoms with Crippen LogP contribution in [0.25, 0.3) is 5.57 Å². The summed E-state index contributed by atoms with van der Waals surface area (Å²) in [7, 11) is 3.93. The Balaban J connectivity index is 0.000000712. The first-order valence-corrected chi connectivity index (χ1v) is 11.9. The molecule has 0 bridgehead atoms. The van der Waals surface area contributed by atoms with Crippen molar-refractivity contribution in [2.45, 2.75) is 79.6 Å². The molecule has 1 aliphatic heterocycles. The molecule has 30 heavy (non-hydrogen) atoms. The lowest BCUT2D eigenvalue weighted by Crippen LogP contribution is -2.31. The van der Waals surface area contributed by atoms with Crippen molar-refractivity contribution < 1.29 is 0 Å². The highest BCUT2D eigenvalue weighted by molar-refractivity contribution is 5.76. The third kappa shape index (κ3) is 9.22. The number of nitrogens with zero attached hydrogens (tertiary/aromatic N) is 2. The van der Waals surface area contributed by atoms with Crippen molar-refractivity contribution in [3.8, 4) is 6.07 Å². The van der Waals surface area contributed by atoms with Gasteiger partial charge in [0.2, 0.25) is 0 Å². The number of benzene rings is 1. The van der Waals surface area contributed by atoms with Crippen LogP contribution in [0.5, 0.6) is 0 Å².